The van der Waals surface area contributed by atoms with Gasteiger partial charge in [-0.25, -0.2) is 4.98 Å². The number of para-hydroxylation sites is 2. The molecule has 2 aromatic rings. The third-order valence-corrected chi connectivity index (χ3v) is 2.99. The molecule has 0 fully saturated rings. The van der Waals surface area contributed by atoms with Gasteiger partial charge in [-0.05, 0) is 31.1 Å². The maximum absolute atomic E-state index is 4.63. The van der Waals surface area contributed by atoms with Crippen LogP contribution in [-0.4, -0.2) is 9.97 Å². The van der Waals surface area contributed by atoms with E-state index in [2.05, 4.69) is 47.3 Å². The van der Waals surface area contributed by atoms with Gasteiger partial charge in [-0.2, -0.15) is 0 Å². The van der Waals surface area contributed by atoms with Crippen molar-refractivity contribution in [2.45, 2.75) is 13.3 Å². The summed E-state index contributed by atoms with van der Waals surface area (Å²) in [7, 11) is 0. The van der Waals surface area contributed by atoms with Crippen molar-refractivity contribution in [1.82, 2.24) is 9.97 Å². The van der Waals surface area contributed by atoms with Gasteiger partial charge in [0.05, 0.1) is 11.0 Å². The van der Waals surface area contributed by atoms with Gasteiger partial charge >= 0.3 is 0 Å². The van der Waals surface area contributed by atoms with Crippen molar-refractivity contribution in [2.24, 2.45) is 0 Å². The van der Waals surface area contributed by atoms with E-state index in [-0.39, 0.29) is 1.43 Å². The van der Waals surface area contributed by atoms with Crippen LogP contribution in [-0.2, 0) is 0 Å². The summed E-state index contributed by atoms with van der Waals surface area (Å²) < 4.78 is 0. The molecule has 1 aromatic heterocycles. The van der Waals surface area contributed by atoms with Crippen LogP contribution in [0.1, 0.15) is 20.6 Å². The SMILES string of the molecule is CC1=C(c2nc3ccccc3[nH]2)C=CCC=C1.[HH]. The van der Waals surface area contributed by atoms with Crippen molar-refractivity contribution in [1.29, 1.82) is 0 Å². The molecule has 1 heterocycles. The molecular weight excluding hydrogens is 208 g/mol. The Balaban J connectivity index is 0.00000120. The molecule has 0 aliphatic heterocycles. The zero-order valence-electron chi connectivity index (χ0n) is 9.77. The lowest BCUT2D eigenvalue weighted by Gasteiger charge is -1.99. The second-order valence-electron chi connectivity index (χ2n) is 4.24. The van der Waals surface area contributed by atoms with Crippen molar-refractivity contribution in [3.8, 4) is 0 Å². The molecule has 3 rings (SSSR count). The fourth-order valence-electron chi connectivity index (χ4n) is 2.08. The molecule has 0 amide bonds. The molecule has 17 heavy (non-hydrogen) atoms. The highest BCUT2D eigenvalue weighted by atomic mass is 14.9. The molecule has 2 heteroatoms. The van der Waals surface area contributed by atoms with E-state index in [0.717, 1.165) is 23.3 Å². The zero-order valence-corrected chi connectivity index (χ0v) is 9.77. The van der Waals surface area contributed by atoms with E-state index in [4.69, 9.17) is 0 Å². The third-order valence-electron chi connectivity index (χ3n) is 2.99. The number of hydrogen-bond acceptors (Lipinski definition) is 1. The van der Waals surface area contributed by atoms with E-state index in [1.807, 2.05) is 18.2 Å². The van der Waals surface area contributed by atoms with Gasteiger partial charge in [0, 0.05) is 7.00 Å². The largest absolute Gasteiger partial charge is 0.338 e. The Morgan fingerprint density at radius 2 is 2.00 bits per heavy atom. The first kappa shape index (κ1) is 10.1. The molecule has 0 spiro atoms. The van der Waals surface area contributed by atoms with Gasteiger partial charge in [0.15, 0.2) is 0 Å². The number of aromatic amines is 1. The first-order valence-electron chi connectivity index (χ1n) is 5.84. The number of nitrogens with zero attached hydrogens (tertiary/aromatic N) is 1. The number of H-pyrrole nitrogens is 1. The van der Waals surface area contributed by atoms with Crippen LogP contribution >= 0.6 is 0 Å². The summed E-state index contributed by atoms with van der Waals surface area (Å²) in [4.78, 5) is 8.00. The summed E-state index contributed by atoms with van der Waals surface area (Å²) in [6.45, 7) is 2.12. The second-order valence-corrected chi connectivity index (χ2v) is 4.24. The highest BCUT2D eigenvalue weighted by Gasteiger charge is 2.08. The molecule has 1 aliphatic carbocycles. The van der Waals surface area contributed by atoms with Crippen LogP contribution in [0.4, 0.5) is 0 Å². The Bertz CT molecular complexity index is 614. The topological polar surface area (TPSA) is 28.7 Å². The molecule has 0 radical (unpaired) electrons. The van der Waals surface area contributed by atoms with E-state index in [1.54, 1.807) is 0 Å². The number of aromatic nitrogens is 2. The van der Waals surface area contributed by atoms with Crippen molar-refractivity contribution in [3.05, 3.63) is 60.0 Å². The summed E-state index contributed by atoms with van der Waals surface area (Å²) >= 11 is 0. The summed E-state index contributed by atoms with van der Waals surface area (Å²) in [6, 6.07) is 8.12. The van der Waals surface area contributed by atoms with Gasteiger partial charge < -0.3 is 4.98 Å². The lowest BCUT2D eigenvalue weighted by Crippen LogP contribution is -1.86. The first-order valence-corrected chi connectivity index (χ1v) is 5.84. The predicted molar refractivity (Wildman–Crippen MR) is 73.7 cm³/mol. The molecule has 0 saturated heterocycles. The van der Waals surface area contributed by atoms with Crippen LogP contribution in [0.15, 0.2) is 54.1 Å². The Labute approximate surface area is 102 Å². The Hall–Kier alpha value is -2.09. The average Bonchev–Trinajstić information content (AvgIpc) is 2.65. The van der Waals surface area contributed by atoms with Crippen molar-refractivity contribution in [2.75, 3.05) is 0 Å². The van der Waals surface area contributed by atoms with Gasteiger partial charge in [-0.1, -0.05) is 36.4 Å². The van der Waals surface area contributed by atoms with Crippen LogP contribution in [0.5, 0.6) is 0 Å². The van der Waals surface area contributed by atoms with Crippen LogP contribution in [0.3, 0.4) is 0 Å². The number of imidazole rings is 1. The third kappa shape index (κ3) is 1.82. The summed E-state index contributed by atoms with van der Waals surface area (Å²) in [5.74, 6) is 0.950. The van der Waals surface area contributed by atoms with Crippen molar-refractivity contribution < 1.29 is 1.43 Å². The minimum atomic E-state index is 0. The smallest absolute Gasteiger partial charge is 0.138 e. The Morgan fingerprint density at radius 1 is 1.18 bits per heavy atom. The van der Waals surface area contributed by atoms with Crippen LogP contribution < -0.4 is 0 Å². The van der Waals surface area contributed by atoms with Gasteiger partial charge in [-0.3, -0.25) is 0 Å². The molecule has 86 valence electrons. The molecule has 1 aliphatic rings. The predicted octanol–water partition coefficient (Wildman–Crippen LogP) is 4.10. The van der Waals surface area contributed by atoms with Crippen LogP contribution in [0.25, 0.3) is 16.6 Å². The Morgan fingerprint density at radius 3 is 2.88 bits per heavy atom. The minimum absolute atomic E-state index is 0. The van der Waals surface area contributed by atoms with Crippen molar-refractivity contribution >= 4 is 16.6 Å². The molecule has 1 N–H and O–H groups in total. The molecule has 0 saturated carbocycles. The fraction of sp³-hybridized carbons (Fsp3) is 0.133. The van der Waals surface area contributed by atoms with E-state index >= 15 is 0 Å². The maximum Gasteiger partial charge on any atom is 0.138 e. The van der Waals surface area contributed by atoms with Crippen LogP contribution in [0, 0.1) is 0 Å². The average molecular weight is 224 g/mol. The lowest BCUT2D eigenvalue weighted by molar-refractivity contribution is 1.26. The van der Waals surface area contributed by atoms with Crippen molar-refractivity contribution in [3.63, 3.8) is 0 Å². The second kappa shape index (κ2) is 4.06. The summed E-state index contributed by atoms with van der Waals surface area (Å²) in [6.07, 6.45) is 9.62. The van der Waals surface area contributed by atoms with E-state index in [9.17, 15) is 0 Å². The minimum Gasteiger partial charge on any atom is -0.338 e. The molecule has 0 unspecified atom stereocenters. The van der Waals surface area contributed by atoms with Gasteiger partial charge in [0.25, 0.3) is 0 Å². The van der Waals surface area contributed by atoms with Gasteiger partial charge in [-0.15, -0.1) is 0 Å². The first-order chi connectivity index (χ1) is 8.34. The number of benzene rings is 1. The Kier molecular flexibility index (Phi) is 2.41. The van der Waals surface area contributed by atoms with Gasteiger partial charge in [0.1, 0.15) is 5.82 Å². The molecule has 0 atom stereocenters. The quantitative estimate of drug-likeness (QED) is 0.776. The lowest BCUT2D eigenvalue weighted by atomic mass is 10.1. The maximum atomic E-state index is 4.63. The summed E-state index contributed by atoms with van der Waals surface area (Å²) in [5.41, 5.74) is 4.53. The number of hydrogen-bond donors (Lipinski definition) is 1. The highest BCUT2D eigenvalue weighted by molar-refractivity contribution is 5.82. The van der Waals surface area contributed by atoms with E-state index in [0.29, 0.717) is 0 Å². The van der Waals surface area contributed by atoms with E-state index < -0.39 is 0 Å². The number of allylic oxidation sites excluding steroid dienone is 6. The standard InChI is InChI=1S/C15H14N2.H2/c1-11-7-3-2-4-8-12(11)15-16-13-9-5-6-10-14(13)17-15;/h3-10H,2H2,1H3,(H,16,17);1H. The monoisotopic (exact) mass is 224 g/mol. The fourth-order valence-corrected chi connectivity index (χ4v) is 2.08. The molecule has 1 aromatic carbocycles. The zero-order chi connectivity index (χ0) is 11.7. The normalized spacial score (nSPS) is 15.6. The highest BCUT2D eigenvalue weighted by Crippen LogP contribution is 2.23. The number of fused-ring (bicyclic) bond motifs is 1. The molecule has 0 bridgehead atoms. The molecule has 2 nitrogen and oxygen atoms in total. The molecular formula is C15H16N2. The van der Waals surface area contributed by atoms with Crippen LogP contribution in [0.2, 0.25) is 0 Å². The number of nitrogens with one attached hydrogen (secondary N) is 1. The summed E-state index contributed by atoms with van der Waals surface area (Å²) in [5, 5.41) is 0. The van der Waals surface area contributed by atoms with Gasteiger partial charge in [0.2, 0.25) is 0 Å². The van der Waals surface area contributed by atoms with E-state index in [1.165, 1.54) is 11.1 Å². The number of rotatable bonds is 1.